The molecule has 0 radical (unpaired) electrons. The molecule has 1 aromatic heterocycles. The van der Waals surface area contributed by atoms with Crippen LogP contribution in [0.3, 0.4) is 0 Å². The fourth-order valence-corrected chi connectivity index (χ4v) is 3.20. The highest BCUT2D eigenvalue weighted by molar-refractivity contribution is 8.00. The second-order valence-electron chi connectivity index (χ2n) is 4.21. The summed E-state index contributed by atoms with van der Waals surface area (Å²) < 4.78 is 0. The van der Waals surface area contributed by atoms with Crippen LogP contribution in [-0.2, 0) is 9.59 Å². The maximum atomic E-state index is 11.7. The zero-order valence-electron chi connectivity index (χ0n) is 11.3. The van der Waals surface area contributed by atoms with Crippen molar-refractivity contribution in [2.24, 2.45) is 0 Å². The van der Waals surface area contributed by atoms with Crippen LogP contribution in [0.25, 0.3) is 10.4 Å². The molecule has 5 nitrogen and oxygen atoms in total. The van der Waals surface area contributed by atoms with Crippen LogP contribution in [0.4, 0.5) is 5.13 Å². The molecule has 2 aromatic rings. The van der Waals surface area contributed by atoms with Crippen molar-refractivity contribution in [3.63, 3.8) is 0 Å². The molecular weight excluding hydrogens is 308 g/mol. The van der Waals surface area contributed by atoms with Gasteiger partial charge >= 0.3 is 0 Å². The minimum absolute atomic E-state index is 0.0628. The van der Waals surface area contributed by atoms with E-state index in [9.17, 15) is 14.7 Å². The van der Waals surface area contributed by atoms with Crippen molar-refractivity contribution >= 4 is 40.1 Å². The van der Waals surface area contributed by atoms with Gasteiger partial charge in [-0.2, -0.15) is 0 Å². The normalized spacial score (nSPS) is 10.3. The van der Waals surface area contributed by atoms with Gasteiger partial charge in [-0.05, 0) is 12.5 Å². The Morgan fingerprint density at radius 3 is 2.67 bits per heavy atom. The molecule has 0 atom stereocenters. The molecule has 2 rings (SSSR count). The monoisotopic (exact) mass is 321 g/mol. The van der Waals surface area contributed by atoms with Gasteiger partial charge in [0.25, 0.3) is 0 Å². The topological polar surface area (TPSA) is 82.1 Å². The van der Waals surface area contributed by atoms with Gasteiger partial charge in [0.15, 0.2) is 5.13 Å². The summed E-state index contributed by atoms with van der Waals surface area (Å²) in [5.74, 6) is -1.58. The summed E-state index contributed by atoms with van der Waals surface area (Å²) in [6.45, 7) is 1.89. The molecule has 110 valence electrons. The number of hydrogen-bond donors (Lipinski definition) is 1. The summed E-state index contributed by atoms with van der Waals surface area (Å²) in [5.41, 5.74) is 1.91. The number of aliphatic carboxylic acids is 1. The predicted molar refractivity (Wildman–Crippen MR) is 83.2 cm³/mol. The third kappa shape index (κ3) is 4.57. The van der Waals surface area contributed by atoms with E-state index < -0.39 is 5.97 Å². The van der Waals surface area contributed by atoms with Gasteiger partial charge in [0.2, 0.25) is 5.91 Å². The molecular formula is C14H13N2O3S2-. The Hall–Kier alpha value is -1.86. The van der Waals surface area contributed by atoms with Crippen LogP contribution in [0.2, 0.25) is 0 Å². The molecule has 1 N–H and O–H groups in total. The van der Waals surface area contributed by atoms with Gasteiger partial charge in [0.1, 0.15) is 0 Å². The van der Waals surface area contributed by atoms with Crippen LogP contribution in [-0.4, -0.2) is 28.4 Å². The lowest BCUT2D eigenvalue weighted by Crippen LogP contribution is -2.25. The third-order valence-corrected chi connectivity index (χ3v) is 4.56. The summed E-state index contributed by atoms with van der Waals surface area (Å²) in [6.07, 6.45) is 0. The molecule has 1 heterocycles. The number of carboxylic acids is 1. The average Bonchev–Trinajstić information content (AvgIpc) is 2.80. The maximum Gasteiger partial charge on any atom is 0.236 e. The van der Waals surface area contributed by atoms with Crippen molar-refractivity contribution in [1.82, 2.24) is 4.98 Å². The summed E-state index contributed by atoms with van der Waals surface area (Å²) >= 11 is 2.40. The predicted octanol–water partition coefficient (Wildman–Crippen LogP) is 1.54. The van der Waals surface area contributed by atoms with Crippen LogP contribution in [0.5, 0.6) is 0 Å². The van der Waals surface area contributed by atoms with E-state index in [-0.39, 0.29) is 17.4 Å². The molecule has 0 spiro atoms. The number of thioether (sulfide) groups is 1. The molecule has 0 unspecified atom stereocenters. The molecule has 0 fully saturated rings. The van der Waals surface area contributed by atoms with E-state index in [1.165, 1.54) is 11.3 Å². The van der Waals surface area contributed by atoms with E-state index in [2.05, 4.69) is 10.3 Å². The van der Waals surface area contributed by atoms with Crippen molar-refractivity contribution < 1.29 is 14.7 Å². The van der Waals surface area contributed by atoms with Gasteiger partial charge in [0.05, 0.1) is 22.3 Å². The second kappa shape index (κ2) is 7.24. The molecule has 0 saturated heterocycles. The number of carboxylic acid groups (broad SMARTS) is 1. The first kappa shape index (κ1) is 15.5. The van der Waals surface area contributed by atoms with Gasteiger partial charge in [-0.15, -0.1) is 11.8 Å². The first-order valence-electron chi connectivity index (χ1n) is 6.16. The van der Waals surface area contributed by atoms with Gasteiger partial charge in [-0.1, -0.05) is 41.7 Å². The Morgan fingerprint density at radius 2 is 2.00 bits per heavy atom. The Balaban J connectivity index is 1.99. The molecule has 0 bridgehead atoms. The largest absolute Gasteiger partial charge is 0.549 e. The van der Waals surface area contributed by atoms with E-state index in [4.69, 9.17) is 0 Å². The van der Waals surface area contributed by atoms with Crippen LogP contribution in [0.15, 0.2) is 30.3 Å². The smallest absolute Gasteiger partial charge is 0.236 e. The zero-order valence-corrected chi connectivity index (χ0v) is 12.9. The zero-order chi connectivity index (χ0) is 15.2. The Bertz CT molecular complexity index is 641. The first-order valence-corrected chi connectivity index (χ1v) is 8.13. The number of nitrogens with zero attached hydrogens (tertiary/aromatic N) is 1. The Labute approximate surface area is 130 Å². The number of amides is 1. The lowest BCUT2D eigenvalue weighted by molar-refractivity contribution is -0.301. The Kier molecular flexibility index (Phi) is 5.35. The Morgan fingerprint density at radius 1 is 1.29 bits per heavy atom. The maximum absolute atomic E-state index is 11.7. The van der Waals surface area contributed by atoms with E-state index >= 15 is 0 Å². The minimum atomic E-state index is -1.18. The standard InChI is InChI=1S/C14H14N2O3S2/c1-9-13(10-5-3-2-4-6-10)21-14(15-9)16-11(17)7-20-8-12(18)19/h2-6H,7-8H2,1H3,(H,18,19)(H,15,16,17)/p-1. The third-order valence-electron chi connectivity index (χ3n) is 2.53. The summed E-state index contributed by atoms with van der Waals surface area (Å²) in [4.78, 5) is 27.3. The van der Waals surface area contributed by atoms with E-state index in [0.717, 1.165) is 27.9 Å². The first-order chi connectivity index (χ1) is 10.1. The number of thiazole rings is 1. The number of hydrogen-bond acceptors (Lipinski definition) is 6. The highest BCUT2D eigenvalue weighted by Crippen LogP contribution is 2.32. The van der Waals surface area contributed by atoms with Gasteiger partial charge in [0, 0.05) is 5.75 Å². The van der Waals surface area contributed by atoms with Crippen molar-refractivity contribution in [2.75, 3.05) is 16.8 Å². The number of carbonyl (C=O) groups is 2. The molecule has 0 aliphatic rings. The molecule has 0 saturated carbocycles. The van der Waals surface area contributed by atoms with Crippen molar-refractivity contribution in [3.05, 3.63) is 36.0 Å². The average molecular weight is 321 g/mol. The molecule has 21 heavy (non-hydrogen) atoms. The van der Waals surface area contributed by atoms with Gasteiger partial charge in [-0.25, -0.2) is 4.98 Å². The molecule has 0 aliphatic carbocycles. The minimum Gasteiger partial charge on any atom is -0.549 e. The number of nitrogens with one attached hydrogen (secondary N) is 1. The summed E-state index contributed by atoms with van der Waals surface area (Å²) in [6, 6.07) is 9.81. The lowest BCUT2D eigenvalue weighted by atomic mass is 10.2. The summed E-state index contributed by atoms with van der Waals surface area (Å²) in [5, 5.41) is 13.5. The molecule has 1 aromatic carbocycles. The number of aryl methyl sites for hydroxylation is 1. The molecule has 0 aliphatic heterocycles. The van der Waals surface area contributed by atoms with Crippen LogP contribution in [0.1, 0.15) is 5.69 Å². The van der Waals surface area contributed by atoms with Crippen LogP contribution >= 0.6 is 23.1 Å². The fourth-order valence-electron chi connectivity index (χ4n) is 1.69. The SMILES string of the molecule is Cc1nc(NC(=O)CSCC(=O)[O-])sc1-c1ccccc1. The molecule has 1 amide bonds. The van der Waals surface area contributed by atoms with Crippen LogP contribution in [0, 0.1) is 6.92 Å². The quantitative estimate of drug-likeness (QED) is 0.873. The highest BCUT2D eigenvalue weighted by Gasteiger charge is 2.11. The number of carbonyl (C=O) groups excluding carboxylic acids is 2. The van der Waals surface area contributed by atoms with Crippen LogP contribution < -0.4 is 10.4 Å². The second-order valence-corrected chi connectivity index (χ2v) is 6.20. The summed E-state index contributed by atoms with van der Waals surface area (Å²) in [7, 11) is 0. The van der Waals surface area contributed by atoms with E-state index in [0.29, 0.717) is 5.13 Å². The van der Waals surface area contributed by atoms with Gasteiger partial charge < -0.3 is 15.2 Å². The number of aromatic nitrogens is 1. The number of benzene rings is 1. The number of rotatable bonds is 6. The van der Waals surface area contributed by atoms with E-state index in [1.807, 2.05) is 37.3 Å². The molecule has 7 heteroatoms. The van der Waals surface area contributed by atoms with Crippen molar-refractivity contribution in [2.45, 2.75) is 6.92 Å². The van der Waals surface area contributed by atoms with E-state index in [1.54, 1.807) is 0 Å². The van der Waals surface area contributed by atoms with Gasteiger partial charge in [-0.3, -0.25) is 4.79 Å². The fraction of sp³-hybridized carbons (Fsp3) is 0.214. The lowest BCUT2D eigenvalue weighted by Gasteiger charge is -2.02. The number of anilines is 1. The highest BCUT2D eigenvalue weighted by atomic mass is 32.2. The van der Waals surface area contributed by atoms with Crippen molar-refractivity contribution in [1.29, 1.82) is 0 Å². The van der Waals surface area contributed by atoms with Crippen molar-refractivity contribution in [3.8, 4) is 10.4 Å².